The number of amides is 1. The Balaban J connectivity index is 2.07. The first-order valence-corrected chi connectivity index (χ1v) is 6.82. The molecule has 3 N–H and O–H groups in total. The van der Waals surface area contributed by atoms with E-state index in [1.54, 1.807) is 6.92 Å². The molecule has 0 aliphatic carbocycles. The molecule has 1 amide bonds. The van der Waals surface area contributed by atoms with Gasteiger partial charge in [-0.25, -0.2) is 4.98 Å². The highest BCUT2D eigenvalue weighted by Gasteiger charge is 2.43. The van der Waals surface area contributed by atoms with E-state index in [9.17, 15) is 14.9 Å². The van der Waals surface area contributed by atoms with Crippen molar-refractivity contribution < 1.29 is 9.72 Å². The fourth-order valence-electron chi connectivity index (χ4n) is 3.20. The van der Waals surface area contributed by atoms with Gasteiger partial charge in [0.05, 0.1) is 16.9 Å². The Hall–Kier alpha value is -2.45. The fraction of sp³-hybridized carbons (Fsp3) is 0.583. The number of hydrogen-bond donors (Lipinski definition) is 2. The van der Waals surface area contributed by atoms with Crippen LogP contribution >= 0.6 is 0 Å². The van der Waals surface area contributed by atoms with Crippen molar-refractivity contribution in [2.75, 3.05) is 23.7 Å². The molecule has 9 heteroatoms. The lowest BCUT2D eigenvalue weighted by molar-refractivity contribution is -0.385. The minimum absolute atomic E-state index is 0.00565. The van der Waals surface area contributed by atoms with Crippen LogP contribution in [0.2, 0.25) is 0 Å². The zero-order valence-corrected chi connectivity index (χ0v) is 11.6. The first kappa shape index (κ1) is 13.5. The van der Waals surface area contributed by atoms with Crippen molar-refractivity contribution in [2.24, 2.45) is 5.92 Å². The van der Waals surface area contributed by atoms with Crippen LogP contribution < -0.4 is 16.0 Å². The summed E-state index contributed by atoms with van der Waals surface area (Å²) in [5.74, 6) is 0.0876. The third-order valence-electron chi connectivity index (χ3n) is 4.11. The van der Waals surface area contributed by atoms with Crippen LogP contribution in [0.4, 0.5) is 17.5 Å². The van der Waals surface area contributed by atoms with Gasteiger partial charge in [0.15, 0.2) is 0 Å². The van der Waals surface area contributed by atoms with Crippen molar-refractivity contribution in [2.45, 2.75) is 25.8 Å². The number of aryl methyl sites for hydroxylation is 1. The second-order valence-corrected chi connectivity index (χ2v) is 5.35. The molecule has 3 heterocycles. The number of carbonyl (C=O) groups excluding carboxylic acids is 1. The molecule has 0 saturated carbocycles. The minimum Gasteiger partial charge on any atom is -0.368 e. The zero-order chi connectivity index (χ0) is 15.1. The van der Waals surface area contributed by atoms with Crippen molar-refractivity contribution in [3.63, 3.8) is 0 Å². The summed E-state index contributed by atoms with van der Waals surface area (Å²) in [5, 5.41) is 14.1. The molecule has 1 aromatic rings. The Morgan fingerprint density at radius 3 is 2.95 bits per heavy atom. The highest BCUT2D eigenvalue weighted by molar-refractivity contribution is 5.83. The molecule has 0 radical (unpaired) electrons. The molecule has 2 atom stereocenters. The van der Waals surface area contributed by atoms with Gasteiger partial charge >= 0.3 is 5.69 Å². The van der Waals surface area contributed by atoms with E-state index in [-0.39, 0.29) is 41.0 Å². The van der Waals surface area contributed by atoms with Gasteiger partial charge in [0.2, 0.25) is 17.7 Å². The number of piperidine rings is 1. The molecule has 2 aliphatic rings. The van der Waals surface area contributed by atoms with E-state index in [0.717, 1.165) is 12.8 Å². The summed E-state index contributed by atoms with van der Waals surface area (Å²) in [6.45, 7) is 2.63. The number of hydrogen-bond acceptors (Lipinski definition) is 7. The molecular weight excluding hydrogens is 276 g/mol. The summed E-state index contributed by atoms with van der Waals surface area (Å²) in [7, 11) is 0. The second-order valence-electron chi connectivity index (χ2n) is 5.35. The number of rotatable bonds is 2. The van der Waals surface area contributed by atoms with Gasteiger partial charge in [-0.15, -0.1) is 0 Å². The summed E-state index contributed by atoms with van der Waals surface area (Å²) in [6, 6.07) is -0.112. The largest absolute Gasteiger partial charge is 0.368 e. The van der Waals surface area contributed by atoms with E-state index in [4.69, 9.17) is 5.73 Å². The molecule has 2 aliphatic heterocycles. The normalized spacial score (nSPS) is 24.6. The maximum atomic E-state index is 11.8. The number of fused-ring (bicyclic) bond motifs is 1. The van der Waals surface area contributed by atoms with E-state index >= 15 is 0 Å². The Morgan fingerprint density at radius 1 is 1.48 bits per heavy atom. The zero-order valence-electron chi connectivity index (χ0n) is 11.6. The molecule has 2 fully saturated rings. The van der Waals surface area contributed by atoms with Crippen molar-refractivity contribution in [1.29, 1.82) is 0 Å². The topological polar surface area (TPSA) is 127 Å². The average molecular weight is 292 g/mol. The number of carbonyl (C=O) groups is 1. The Bertz CT molecular complexity index is 619. The molecule has 1 aromatic heterocycles. The maximum Gasteiger partial charge on any atom is 0.332 e. The summed E-state index contributed by atoms with van der Waals surface area (Å²) < 4.78 is 0. The summed E-state index contributed by atoms with van der Waals surface area (Å²) in [5.41, 5.74) is 5.75. The molecule has 0 spiro atoms. The van der Waals surface area contributed by atoms with Gasteiger partial charge < -0.3 is 16.0 Å². The van der Waals surface area contributed by atoms with Gasteiger partial charge in [0, 0.05) is 13.1 Å². The highest BCUT2D eigenvalue weighted by Crippen LogP contribution is 2.36. The maximum absolute atomic E-state index is 11.8. The quantitative estimate of drug-likeness (QED) is 0.579. The van der Waals surface area contributed by atoms with E-state index < -0.39 is 4.92 Å². The van der Waals surface area contributed by atoms with Crippen LogP contribution in [0.1, 0.15) is 18.5 Å². The molecular formula is C12H16N6O3. The average Bonchev–Trinajstić information content (AvgIpc) is 2.79. The van der Waals surface area contributed by atoms with Crippen molar-refractivity contribution >= 4 is 23.4 Å². The van der Waals surface area contributed by atoms with Crippen LogP contribution in [0.25, 0.3) is 0 Å². The number of anilines is 2. The summed E-state index contributed by atoms with van der Waals surface area (Å²) in [6.07, 6.45) is 1.58. The second kappa shape index (κ2) is 4.83. The number of nitrogens with one attached hydrogen (secondary N) is 1. The van der Waals surface area contributed by atoms with E-state index in [0.29, 0.717) is 13.1 Å². The third kappa shape index (κ3) is 2.14. The van der Waals surface area contributed by atoms with E-state index in [1.807, 2.05) is 4.90 Å². The first-order valence-electron chi connectivity index (χ1n) is 6.82. The lowest BCUT2D eigenvalue weighted by Gasteiger charge is -2.36. The predicted octanol–water partition coefficient (Wildman–Crippen LogP) is -0.00978. The van der Waals surface area contributed by atoms with Gasteiger partial charge in [-0.1, -0.05) is 0 Å². The van der Waals surface area contributed by atoms with Gasteiger partial charge in [-0.05, 0) is 19.8 Å². The minimum atomic E-state index is -0.488. The number of nitrogens with zero attached hydrogens (tertiary/aromatic N) is 4. The molecule has 0 bridgehead atoms. The van der Waals surface area contributed by atoms with Crippen LogP contribution in [-0.4, -0.2) is 39.9 Å². The molecule has 2 unspecified atom stereocenters. The monoisotopic (exact) mass is 292 g/mol. The van der Waals surface area contributed by atoms with E-state index in [1.165, 1.54) is 0 Å². The molecule has 21 heavy (non-hydrogen) atoms. The van der Waals surface area contributed by atoms with Gasteiger partial charge in [0.25, 0.3) is 0 Å². The number of aromatic nitrogens is 2. The van der Waals surface area contributed by atoms with Crippen molar-refractivity contribution in [3.8, 4) is 0 Å². The number of nitrogen functional groups attached to an aromatic ring is 1. The molecule has 3 rings (SSSR count). The van der Waals surface area contributed by atoms with Crippen LogP contribution in [0.5, 0.6) is 0 Å². The van der Waals surface area contributed by atoms with Crippen LogP contribution in [0.3, 0.4) is 0 Å². The Morgan fingerprint density at radius 2 is 2.24 bits per heavy atom. The standard InChI is InChI=1S/C12H16N6O3/c1-6-9(18(20)21)10(16-12(13)15-6)17-4-2-3-7-8(17)5-14-11(7)19/h7-8H,2-5H2,1H3,(H,14,19)(H2,13,15,16). The van der Waals surface area contributed by atoms with Gasteiger partial charge in [-0.3, -0.25) is 14.9 Å². The van der Waals surface area contributed by atoms with Gasteiger partial charge in [0.1, 0.15) is 5.69 Å². The van der Waals surface area contributed by atoms with Crippen LogP contribution in [0, 0.1) is 23.0 Å². The van der Waals surface area contributed by atoms with Crippen LogP contribution in [-0.2, 0) is 4.79 Å². The molecule has 2 saturated heterocycles. The smallest absolute Gasteiger partial charge is 0.332 e. The first-order chi connectivity index (χ1) is 9.99. The lowest BCUT2D eigenvalue weighted by Crippen LogP contribution is -2.46. The lowest BCUT2D eigenvalue weighted by atomic mass is 9.91. The van der Waals surface area contributed by atoms with Gasteiger partial charge in [-0.2, -0.15) is 4.98 Å². The summed E-state index contributed by atoms with van der Waals surface area (Å²) >= 11 is 0. The van der Waals surface area contributed by atoms with Crippen molar-refractivity contribution in [1.82, 2.24) is 15.3 Å². The number of nitro groups is 1. The highest BCUT2D eigenvalue weighted by atomic mass is 16.6. The Kier molecular flexibility index (Phi) is 3.11. The Labute approximate surface area is 120 Å². The van der Waals surface area contributed by atoms with Crippen molar-refractivity contribution in [3.05, 3.63) is 15.8 Å². The van der Waals surface area contributed by atoms with E-state index in [2.05, 4.69) is 15.3 Å². The molecule has 9 nitrogen and oxygen atoms in total. The third-order valence-corrected chi connectivity index (χ3v) is 4.11. The fourth-order valence-corrected chi connectivity index (χ4v) is 3.20. The molecule has 0 aromatic carbocycles. The summed E-state index contributed by atoms with van der Waals surface area (Å²) in [4.78, 5) is 32.4. The van der Waals surface area contributed by atoms with Crippen LogP contribution in [0.15, 0.2) is 0 Å². The SMILES string of the molecule is Cc1nc(N)nc(N2CCCC3C(=O)NCC32)c1[N+](=O)[O-]. The molecule has 112 valence electrons. The number of nitrogens with two attached hydrogens (primary N) is 1. The predicted molar refractivity (Wildman–Crippen MR) is 74.7 cm³/mol.